The predicted molar refractivity (Wildman–Crippen MR) is 105 cm³/mol. The third-order valence-corrected chi connectivity index (χ3v) is 5.23. The number of aromatic nitrogens is 6. The lowest BCUT2D eigenvalue weighted by molar-refractivity contribution is 0.342. The van der Waals surface area contributed by atoms with Crippen molar-refractivity contribution in [3.05, 3.63) is 54.4 Å². The second-order valence-corrected chi connectivity index (χ2v) is 7.33. The Morgan fingerprint density at radius 1 is 1.26 bits per heavy atom. The highest BCUT2D eigenvalue weighted by Gasteiger charge is 2.14. The van der Waals surface area contributed by atoms with Crippen LogP contribution in [0.15, 0.2) is 43.0 Å². The van der Waals surface area contributed by atoms with Gasteiger partial charge in [0.15, 0.2) is 11.5 Å². The maximum Gasteiger partial charge on any atom is 0.180 e. The van der Waals surface area contributed by atoms with Crippen molar-refractivity contribution in [2.75, 3.05) is 18.4 Å². The number of H-pyrrole nitrogens is 1. The molecule has 1 aliphatic rings. The number of hydrogen-bond donors (Lipinski definition) is 2. The van der Waals surface area contributed by atoms with E-state index in [1.807, 2.05) is 29.9 Å². The van der Waals surface area contributed by atoms with Crippen molar-refractivity contribution in [3.8, 4) is 11.3 Å². The van der Waals surface area contributed by atoms with Crippen molar-refractivity contribution in [2.24, 2.45) is 0 Å². The number of hydrogen-bond acceptors (Lipinski definition) is 7. The Labute approximate surface area is 159 Å². The lowest BCUT2D eigenvalue weighted by atomic mass is 10.3. The summed E-state index contributed by atoms with van der Waals surface area (Å²) >= 11 is 1.45. The normalized spacial score (nSPS) is 14.4. The van der Waals surface area contributed by atoms with Crippen LogP contribution in [0, 0.1) is 6.92 Å². The van der Waals surface area contributed by atoms with Gasteiger partial charge in [0.1, 0.15) is 5.00 Å². The molecule has 0 aromatic carbocycles. The highest BCUT2D eigenvalue weighted by molar-refractivity contribution is 7.10. The standard InChI is InChI=1S/C18H18N8S/c1-12-10-26-15(13-7-20-21-8-13)9-19-18(26)17(22-12)23-16-6-14(24-27-16)11-25-4-2-3-5-25/h2-3,6-10H,4-5,11H2,1H3,(H,20,21)(H,22,23). The summed E-state index contributed by atoms with van der Waals surface area (Å²) in [4.78, 5) is 11.6. The smallest absolute Gasteiger partial charge is 0.180 e. The minimum Gasteiger partial charge on any atom is -0.328 e. The monoisotopic (exact) mass is 378 g/mol. The minimum absolute atomic E-state index is 0.725. The van der Waals surface area contributed by atoms with Gasteiger partial charge in [0.25, 0.3) is 0 Å². The van der Waals surface area contributed by atoms with E-state index in [1.54, 1.807) is 6.20 Å². The number of rotatable bonds is 5. The molecule has 136 valence electrons. The van der Waals surface area contributed by atoms with Crippen LogP contribution in [-0.4, -0.2) is 46.9 Å². The molecule has 9 heteroatoms. The lowest BCUT2D eigenvalue weighted by Crippen LogP contribution is -2.19. The van der Waals surface area contributed by atoms with Crippen LogP contribution in [0.2, 0.25) is 0 Å². The van der Waals surface area contributed by atoms with Crippen LogP contribution >= 0.6 is 11.5 Å². The van der Waals surface area contributed by atoms with Crippen LogP contribution in [0.1, 0.15) is 11.4 Å². The topological polar surface area (TPSA) is 87.0 Å². The van der Waals surface area contributed by atoms with E-state index in [2.05, 4.69) is 53.0 Å². The molecule has 0 unspecified atom stereocenters. The number of nitrogens with one attached hydrogen (secondary N) is 2. The van der Waals surface area contributed by atoms with Gasteiger partial charge in [-0.25, -0.2) is 9.97 Å². The number of fused-ring (bicyclic) bond motifs is 1. The van der Waals surface area contributed by atoms with E-state index < -0.39 is 0 Å². The molecule has 5 heterocycles. The van der Waals surface area contributed by atoms with E-state index in [4.69, 9.17) is 0 Å². The van der Waals surface area contributed by atoms with Crippen LogP contribution in [0.3, 0.4) is 0 Å². The summed E-state index contributed by atoms with van der Waals surface area (Å²) in [6.45, 7) is 4.81. The SMILES string of the molecule is Cc1cn2c(-c3cn[nH]c3)cnc2c(Nc2cc(CN3CC=CC3)ns2)n1. The van der Waals surface area contributed by atoms with Crippen molar-refractivity contribution >= 4 is 28.0 Å². The highest BCUT2D eigenvalue weighted by atomic mass is 32.1. The molecule has 0 bridgehead atoms. The van der Waals surface area contributed by atoms with Crippen molar-refractivity contribution in [1.82, 2.24) is 33.8 Å². The number of imidazole rings is 1. The first-order valence-electron chi connectivity index (χ1n) is 8.70. The maximum absolute atomic E-state index is 4.64. The average Bonchev–Trinajstić information content (AvgIpc) is 3.43. The Morgan fingerprint density at radius 2 is 2.15 bits per heavy atom. The number of aryl methyl sites for hydroxylation is 1. The van der Waals surface area contributed by atoms with Gasteiger partial charge in [0.2, 0.25) is 0 Å². The largest absolute Gasteiger partial charge is 0.328 e. The van der Waals surface area contributed by atoms with Gasteiger partial charge in [-0.05, 0) is 24.5 Å². The van der Waals surface area contributed by atoms with Crippen LogP contribution in [0.5, 0.6) is 0 Å². The molecule has 0 radical (unpaired) electrons. The molecule has 4 aromatic heterocycles. The van der Waals surface area contributed by atoms with Gasteiger partial charge in [0, 0.05) is 37.6 Å². The zero-order valence-corrected chi connectivity index (χ0v) is 15.6. The molecular weight excluding hydrogens is 360 g/mol. The fourth-order valence-corrected chi connectivity index (χ4v) is 3.90. The molecule has 0 amide bonds. The third-order valence-electron chi connectivity index (χ3n) is 4.49. The van der Waals surface area contributed by atoms with Crippen LogP contribution in [0.25, 0.3) is 16.9 Å². The van der Waals surface area contributed by atoms with Gasteiger partial charge in [-0.3, -0.25) is 14.4 Å². The van der Waals surface area contributed by atoms with E-state index in [1.165, 1.54) is 11.5 Å². The molecule has 8 nitrogen and oxygen atoms in total. The quantitative estimate of drug-likeness (QED) is 0.519. The molecule has 0 aliphatic carbocycles. The fraction of sp³-hybridized carbons (Fsp3) is 0.222. The molecule has 0 atom stereocenters. The summed E-state index contributed by atoms with van der Waals surface area (Å²) < 4.78 is 6.60. The molecule has 0 fully saturated rings. The first kappa shape index (κ1) is 16.2. The van der Waals surface area contributed by atoms with Crippen molar-refractivity contribution in [2.45, 2.75) is 13.5 Å². The number of anilines is 2. The Kier molecular flexibility index (Phi) is 3.95. The van der Waals surface area contributed by atoms with Gasteiger partial charge in [0.05, 0.1) is 29.5 Å². The Bertz CT molecular complexity index is 1100. The fourth-order valence-electron chi connectivity index (χ4n) is 3.24. The van der Waals surface area contributed by atoms with Crippen molar-refractivity contribution in [1.29, 1.82) is 0 Å². The summed E-state index contributed by atoms with van der Waals surface area (Å²) in [6, 6.07) is 2.09. The van der Waals surface area contributed by atoms with Gasteiger partial charge < -0.3 is 5.32 Å². The molecule has 27 heavy (non-hydrogen) atoms. The zero-order chi connectivity index (χ0) is 18.2. The lowest BCUT2D eigenvalue weighted by Gasteiger charge is -2.11. The first-order valence-corrected chi connectivity index (χ1v) is 9.47. The van der Waals surface area contributed by atoms with Crippen LogP contribution in [-0.2, 0) is 6.54 Å². The molecule has 0 saturated heterocycles. The molecule has 2 N–H and O–H groups in total. The number of aromatic amines is 1. The second-order valence-electron chi connectivity index (χ2n) is 6.53. The second kappa shape index (κ2) is 6.60. The van der Waals surface area contributed by atoms with Gasteiger partial charge in [-0.1, -0.05) is 12.2 Å². The van der Waals surface area contributed by atoms with Crippen LogP contribution < -0.4 is 5.32 Å². The van der Waals surface area contributed by atoms with Gasteiger partial charge in [-0.2, -0.15) is 9.47 Å². The van der Waals surface area contributed by atoms with Crippen molar-refractivity contribution in [3.63, 3.8) is 0 Å². The van der Waals surface area contributed by atoms with E-state index in [-0.39, 0.29) is 0 Å². The average molecular weight is 378 g/mol. The van der Waals surface area contributed by atoms with E-state index in [0.717, 1.165) is 58.7 Å². The van der Waals surface area contributed by atoms with Crippen molar-refractivity contribution < 1.29 is 0 Å². The van der Waals surface area contributed by atoms with E-state index in [0.29, 0.717) is 0 Å². The summed E-state index contributed by atoms with van der Waals surface area (Å²) in [7, 11) is 0. The summed E-state index contributed by atoms with van der Waals surface area (Å²) in [5.41, 5.74) is 4.70. The molecular formula is C18H18N8S. The Morgan fingerprint density at radius 3 is 2.96 bits per heavy atom. The Balaban J connectivity index is 1.44. The number of nitrogens with zero attached hydrogens (tertiary/aromatic N) is 6. The predicted octanol–water partition coefficient (Wildman–Crippen LogP) is 3.00. The van der Waals surface area contributed by atoms with Crippen LogP contribution in [0.4, 0.5) is 10.8 Å². The summed E-state index contributed by atoms with van der Waals surface area (Å²) in [5, 5.41) is 11.2. The maximum atomic E-state index is 4.64. The molecule has 1 aliphatic heterocycles. The first-order chi connectivity index (χ1) is 13.3. The van der Waals surface area contributed by atoms with E-state index in [9.17, 15) is 0 Å². The van der Waals surface area contributed by atoms with Gasteiger partial charge >= 0.3 is 0 Å². The Hall–Kier alpha value is -3.04. The zero-order valence-electron chi connectivity index (χ0n) is 14.8. The molecule has 0 spiro atoms. The minimum atomic E-state index is 0.725. The van der Waals surface area contributed by atoms with E-state index >= 15 is 0 Å². The molecule has 0 saturated carbocycles. The summed E-state index contributed by atoms with van der Waals surface area (Å²) in [5.74, 6) is 0.725. The molecule has 5 rings (SSSR count). The third kappa shape index (κ3) is 3.11. The highest BCUT2D eigenvalue weighted by Crippen LogP contribution is 2.27. The summed E-state index contributed by atoms with van der Waals surface area (Å²) in [6.07, 6.45) is 11.8. The van der Waals surface area contributed by atoms with Gasteiger partial charge in [-0.15, -0.1) is 0 Å². The molecule has 4 aromatic rings.